The van der Waals surface area contributed by atoms with Gasteiger partial charge < -0.3 is 15.8 Å². The molecule has 22 heavy (non-hydrogen) atoms. The van der Waals surface area contributed by atoms with Gasteiger partial charge in [-0.2, -0.15) is 0 Å². The van der Waals surface area contributed by atoms with Crippen molar-refractivity contribution in [2.45, 2.75) is 20.4 Å². The molecule has 0 amide bonds. The predicted molar refractivity (Wildman–Crippen MR) is 103 cm³/mol. The van der Waals surface area contributed by atoms with Crippen molar-refractivity contribution >= 4 is 35.6 Å². The van der Waals surface area contributed by atoms with E-state index in [0.717, 1.165) is 17.0 Å². The number of anilines is 1. The highest BCUT2D eigenvalue weighted by Gasteiger charge is 1.99. The van der Waals surface area contributed by atoms with Gasteiger partial charge in [-0.1, -0.05) is 18.2 Å². The van der Waals surface area contributed by atoms with E-state index in [9.17, 15) is 0 Å². The first-order valence-corrected chi connectivity index (χ1v) is 6.85. The number of aliphatic imine (C=N–C) groups is 1. The lowest BCUT2D eigenvalue weighted by Crippen LogP contribution is -2.22. The lowest BCUT2D eigenvalue weighted by Gasteiger charge is -2.08. The molecule has 0 bridgehead atoms. The highest BCUT2D eigenvalue weighted by Crippen LogP contribution is 2.15. The van der Waals surface area contributed by atoms with Crippen LogP contribution in [0.1, 0.15) is 16.7 Å². The number of benzene rings is 2. The van der Waals surface area contributed by atoms with E-state index in [0.29, 0.717) is 12.5 Å². The summed E-state index contributed by atoms with van der Waals surface area (Å²) in [7, 11) is 1.65. The lowest BCUT2D eigenvalue weighted by atomic mass is 10.1. The molecule has 3 N–H and O–H groups in total. The van der Waals surface area contributed by atoms with Crippen LogP contribution in [0.4, 0.5) is 5.69 Å². The van der Waals surface area contributed by atoms with E-state index in [2.05, 4.69) is 30.2 Å². The molecular formula is C17H22IN3O. The second-order valence-corrected chi connectivity index (χ2v) is 5.05. The Morgan fingerprint density at radius 3 is 2.45 bits per heavy atom. The largest absolute Gasteiger partial charge is 0.497 e. The molecule has 0 aliphatic carbocycles. The van der Waals surface area contributed by atoms with Crippen LogP contribution in [0.5, 0.6) is 5.75 Å². The topological polar surface area (TPSA) is 59.6 Å². The Bertz CT molecular complexity index is 636. The molecule has 5 heteroatoms. The summed E-state index contributed by atoms with van der Waals surface area (Å²) in [6.07, 6.45) is 0. The fraction of sp³-hybridized carbons (Fsp3) is 0.235. The third-order valence-electron chi connectivity index (χ3n) is 3.06. The quantitative estimate of drug-likeness (QED) is 0.457. The monoisotopic (exact) mass is 411 g/mol. The first kappa shape index (κ1) is 18.3. The molecule has 0 atom stereocenters. The van der Waals surface area contributed by atoms with Crippen molar-refractivity contribution in [3.05, 3.63) is 59.2 Å². The van der Waals surface area contributed by atoms with E-state index in [-0.39, 0.29) is 24.0 Å². The third kappa shape index (κ3) is 5.55. The summed E-state index contributed by atoms with van der Waals surface area (Å²) in [5.74, 6) is 1.23. The summed E-state index contributed by atoms with van der Waals surface area (Å²) in [6.45, 7) is 4.63. The molecular weight excluding hydrogens is 389 g/mol. The van der Waals surface area contributed by atoms with Gasteiger partial charge in [0.25, 0.3) is 0 Å². The summed E-state index contributed by atoms with van der Waals surface area (Å²) in [5.41, 5.74) is 10.3. The molecule has 0 radical (unpaired) electrons. The zero-order chi connectivity index (χ0) is 15.2. The number of hydrogen-bond acceptors (Lipinski definition) is 2. The number of rotatable bonds is 4. The number of hydrogen-bond donors (Lipinski definition) is 2. The van der Waals surface area contributed by atoms with Gasteiger partial charge >= 0.3 is 0 Å². The Morgan fingerprint density at radius 1 is 1.14 bits per heavy atom. The van der Waals surface area contributed by atoms with Crippen LogP contribution in [-0.2, 0) is 6.54 Å². The molecule has 2 aromatic rings. The Kier molecular flexibility index (Phi) is 7.17. The van der Waals surface area contributed by atoms with Gasteiger partial charge in [0.05, 0.1) is 13.7 Å². The van der Waals surface area contributed by atoms with Crippen LogP contribution in [0.15, 0.2) is 47.5 Å². The fourth-order valence-electron chi connectivity index (χ4n) is 2.18. The average molecular weight is 411 g/mol. The van der Waals surface area contributed by atoms with Gasteiger partial charge in [0.1, 0.15) is 5.75 Å². The van der Waals surface area contributed by atoms with E-state index in [4.69, 9.17) is 10.5 Å². The standard InChI is InChI=1S/C17H21N3O.HI/c1-12-7-13(2)9-15(8-12)20-17(18)19-11-14-5-4-6-16(10-14)21-3;/h4-10H,11H2,1-3H3,(H3,18,19,20);1H. The van der Waals surface area contributed by atoms with E-state index in [1.807, 2.05) is 36.4 Å². The van der Waals surface area contributed by atoms with Crippen molar-refractivity contribution in [2.24, 2.45) is 10.7 Å². The van der Waals surface area contributed by atoms with Gasteiger partial charge in [0.15, 0.2) is 5.96 Å². The van der Waals surface area contributed by atoms with Crippen molar-refractivity contribution in [1.29, 1.82) is 0 Å². The Hall–Kier alpha value is -1.76. The number of ether oxygens (including phenoxy) is 1. The minimum Gasteiger partial charge on any atom is -0.497 e. The first-order chi connectivity index (χ1) is 10.1. The van der Waals surface area contributed by atoms with Crippen molar-refractivity contribution in [1.82, 2.24) is 0 Å². The molecule has 0 aliphatic heterocycles. The number of guanidine groups is 1. The molecule has 2 rings (SSSR count). The number of nitrogens with two attached hydrogens (primary N) is 1. The summed E-state index contributed by atoms with van der Waals surface area (Å²) in [4.78, 5) is 4.35. The minimum absolute atomic E-state index is 0. The number of methoxy groups -OCH3 is 1. The molecule has 0 heterocycles. The average Bonchev–Trinajstić information content (AvgIpc) is 2.44. The fourth-order valence-corrected chi connectivity index (χ4v) is 2.18. The van der Waals surface area contributed by atoms with E-state index < -0.39 is 0 Å². The van der Waals surface area contributed by atoms with Crippen molar-refractivity contribution < 1.29 is 4.74 Å². The summed E-state index contributed by atoms with van der Waals surface area (Å²) in [6, 6.07) is 14.0. The highest BCUT2D eigenvalue weighted by atomic mass is 127. The molecule has 4 nitrogen and oxygen atoms in total. The maximum absolute atomic E-state index is 5.93. The van der Waals surface area contributed by atoms with E-state index in [1.165, 1.54) is 11.1 Å². The molecule has 2 aromatic carbocycles. The Balaban J connectivity index is 0.00000242. The van der Waals surface area contributed by atoms with Gasteiger partial charge in [-0.25, -0.2) is 4.99 Å². The third-order valence-corrected chi connectivity index (χ3v) is 3.06. The van der Waals surface area contributed by atoms with Gasteiger partial charge in [0, 0.05) is 5.69 Å². The second-order valence-electron chi connectivity index (χ2n) is 5.05. The number of nitrogens with one attached hydrogen (secondary N) is 1. The zero-order valence-electron chi connectivity index (χ0n) is 13.1. The summed E-state index contributed by atoms with van der Waals surface area (Å²) in [5, 5.41) is 3.12. The SMILES string of the molecule is COc1cccc(CN=C(N)Nc2cc(C)cc(C)c2)c1.I. The Morgan fingerprint density at radius 2 is 1.82 bits per heavy atom. The summed E-state index contributed by atoms with van der Waals surface area (Å²) >= 11 is 0. The number of aryl methyl sites for hydroxylation is 2. The number of nitrogens with zero attached hydrogens (tertiary/aromatic N) is 1. The molecule has 0 aliphatic rings. The number of halogens is 1. The van der Waals surface area contributed by atoms with Gasteiger partial charge in [-0.15, -0.1) is 24.0 Å². The minimum atomic E-state index is 0. The summed E-state index contributed by atoms with van der Waals surface area (Å²) < 4.78 is 5.19. The highest BCUT2D eigenvalue weighted by molar-refractivity contribution is 14.0. The van der Waals surface area contributed by atoms with Crippen LogP contribution in [0.3, 0.4) is 0 Å². The van der Waals surface area contributed by atoms with Crippen LogP contribution < -0.4 is 15.8 Å². The first-order valence-electron chi connectivity index (χ1n) is 6.85. The van der Waals surface area contributed by atoms with Crippen LogP contribution in [0.25, 0.3) is 0 Å². The predicted octanol–water partition coefficient (Wildman–Crippen LogP) is 3.86. The second kappa shape index (κ2) is 8.63. The maximum Gasteiger partial charge on any atom is 0.193 e. The van der Waals surface area contributed by atoms with Crippen molar-refractivity contribution in [3.63, 3.8) is 0 Å². The van der Waals surface area contributed by atoms with E-state index in [1.54, 1.807) is 7.11 Å². The van der Waals surface area contributed by atoms with Crippen LogP contribution >= 0.6 is 24.0 Å². The van der Waals surface area contributed by atoms with Crippen LogP contribution in [0.2, 0.25) is 0 Å². The normalized spacial score (nSPS) is 10.8. The van der Waals surface area contributed by atoms with Crippen LogP contribution in [0, 0.1) is 13.8 Å². The van der Waals surface area contributed by atoms with Crippen molar-refractivity contribution in [3.8, 4) is 5.75 Å². The van der Waals surface area contributed by atoms with Gasteiger partial charge in [0.2, 0.25) is 0 Å². The molecule has 0 aromatic heterocycles. The van der Waals surface area contributed by atoms with Gasteiger partial charge in [-0.05, 0) is 54.8 Å². The van der Waals surface area contributed by atoms with Crippen LogP contribution in [-0.4, -0.2) is 13.1 Å². The van der Waals surface area contributed by atoms with Crippen molar-refractivity contribution in [2.75, 3.05) is 12.4 Å². The molecule has 0 spiro atoms. The zero-order valence-corrected chi connectivity index (χ0v) is 15.4. The Labute approximate surface area is 148 Å². The van der Waals surface area contributed by atoms with E-state index >= 15 is 0 Å². The molecule has 0 saturated heterocycles. The molecule has 118 valence electrons. The van der Waals surface area contributed by atoms with Gasteiger partial charge in [-0.3, -0.25) is 0 Å². The maximum atomic E-state index is 5.93. The smallest absolute Gasteiger partial charge is 0.193 e. The molecule has 0 fully saturated rings. The molecule has 0 unspecified atom stereocenters. The lowest BCUT2D eigenvalue weighted by molar-refractivity contribution is 0.414. The molecule has 0 saturated carbocycles.